The van der Waals surface area contributed by atoms with E-state index < -0.39 is 0 Å². The number of carbonyl (C=O) groups excluding carboxylic acids is 1. The first kappa shape index (κ1) is 16.5. The number of carbonyl (C=O) groups is 1. The second-order valence-corrected chi connectivity index (χ2v) is 5.10. The Morgan fingerprint density at radius 2 is 2.04 bits per heavy atom. The van der Waals surface area contributed by atoms with Crippen molar-refractivity contribution in [2.24, 2.45) is 5.10 Å². The van der Waals surface area contributed by atoms with Gasteiger partial charge in [0.05, 0.1) is 17.3 Å². The standard InChI is InChI=1S/C17H14ClN3O2/c1-12(14-3-2-4-15(18)9-14)20-21-17(22)11-23-16-7-5-13(10-19)6-8-16/h2-9H,11H2,1H3,(H,21,22). The van der Waals surface area contributed by atoms with E-state index in [0.717, 1.165) is 5.56 Å². The zero-order chi connectivity index (χ0) is 16.7. The summed E-state index contributed by atoms with van der Waals surface area (Å²) in [6.45, 7) is 1.60. The topological polar surface area (TPSA) is 74.5 Å². The number of benzene rings is 2. The lowest BCUT2D eigenvalue weighted by molar-refractivity contribution is -0.123. The van der Waals surface area contributed by atoms with E-state index in [0.29, 0.717) is 22.0 Å². The molecule has 0 aliphatic carbocycles. The predicted molar refractivity (Wildman–Crippen MR) is 88.5 cm³/mol. The summed E-state index contributed by atoms with van der Waals surface area (Å²) < 4.78 is 5.31. The highest BCUT2D eigenvalue weighted by Gasteiger charge is 2.03. The number of nitrogens with zero attached hydrogens (tertiary/aromatic N) is 2. The van der Waals surface area contributed by atoms with Gasteiger partial charge in [-0.05, 0) is 48.9 Å². The van der Waals surface area contributed by atoms with Crippen LogP contribution in [0.2, 0.25) is 5.02 Å². The van der Waals surface area contributed by atoms with Crippen molar-refractivity contribution < 1.29 is 9.53 Å². The van der Waals surface area contributed by atoms with Crippen LogP contribution in [0.1, 0.15) is 18.1 Å². The van der Waals surface area contributed by atoms with Crippen molar-refractivity contribution in [3.8, 4) is 11.8 Å². The van der Waals surface area contributed by atoms with Gasteiger partial charge in [0.25, 0.3) is 5.91 Å². The molecular formula is C17H14ClN3O2. The van der Waals surface area contributed by atoms with E-state index in [4.69, 9.17) is 21.6 Å². The molecule has 0 radical (unpaired) electrons. The minimum Gasteiger partial charge on any atom is -0.484 e. The van der Waals surface area contributed by atoms with Crippen LogP contribution in [0.15, 0.2) is 53.6 Å². The Morgan fingerprint density at radius 1 is 1.30 bits per heavy atom. The summed E-state index contributed by atoms with van der Waals surface area (Å²) >= 11 is 5.91. The van der Waals surface area contributed by atoms with Crippen molar-refractivity contribution in [1.82, 2.24) is 5.43 Å². The van der Waals surface area contributed by atoms with Crippen molar-refractivity contribution in [1.29, 1.82) is 5.26 Å². The molecule has 0 saturated carbocycles. The van der Waals surface area contributed by atoms with E-state index >= 15 is 0 Å². The van der Waals surface area contributed by atoms with Crippen LogP contribution >= 0.6 is 11.6 Å². The number of nitriles is 1. The van der Waals surface area contributed by atoms with Crippen LogP contribution < -0.4 is 10.2 Å². The summed E-state index contributed by atoms with van der Waals surface area (Å²) in [6, 6.07) is 15.7. The largest absolute Gasteiger partial charge is 0.484 e. The Bertz CT molecular complexity index is 764. The van der Waals surface area contributed by atoms with Gasteiger partial charge in [-0.15, -0.1) is 0 Å². The first-order valence-corrected chi connectivity index (χ1v) is 7.18. The Kier molecular flexibility index (Phi) is 5.73. The highest BCUT2D eigenvalue weighted by molar-refractivity contribution is 6.31. The van der Waals surface area contributed by atoms with Crippen LogP contribution in [0, 0.1) is 11.3 Å². The predicted octanol–water partition coefficient (Wildman–Crippen LogP) is 3.13. The molecule has 1 amide bonds. The molecule has 6 heteroatoms. The Morgan fingerprint density at radius 3 is 2.70 bits per heavy atom. The van der Waals surface area contributed by atoms with Crippen LogP contribution in [-0.2, 0) is 4.79 Å². The van der Waals surface area contributed by atoms with Gasteiger partial charge in [0, 0.05) is 5.02 Å². The maximum absolute atomic E-state index is 11.7. The average Bonchev–Trinajstić information content (AvgIpc) is 2.58. The highest BCUT2D eigenvalue weighted by Crippen LogP contribution is 2.12. The summed E-state index contributed by atoms with van der Waals surface area (Å²) in [5.41, 5.74) is 4.42. The lowest BCUT2D eigenvalue weighted by atomic mass is 10.1. The quantitative estimate of drug-likeness (QED) is 0.677. The molecule has 2 aromatic rings. The van der Waals surface area contributed by atoms with Crippen LogP contribution in [-0.4, -0.2) is 18.2 Å². The number of hydrogen-bond donors (Lipinski definition) is 1. The van der Waals surface area contributed by atoms with Gasteiger partial charge < -0.3 is 4.74 Å². The molecular weight excluding hydrogens is 314 g/mol. The summed E-state index contributed by atoms with van der Waals surface area (Å²) in [5, 5.41) is 13.3. The van der Waals surface area contributed by atoms with E-state index in [2.05, 4.69) is 10.5 Å². The van der Waals surface area contributed by atoms with Crippen molar-refractivity contribution in [2.45, 2.75) is 6.92 Å². The average molecular weight is 328 g/mol. The number of hydrazone groups is 1. The van der Waals surface area contributed by atoms with E-state index in [9.17, 15) is 4.79 Å². The minimum atomic E-state index is -0.379. The number of rotatable bonds is 5. The number of nitrogens with one attached hydrogen (secondary N) is 1. The molecule has 0 atom stereocenters. The fourth-order valence-electron chi connectivity index (χ4n) is 1.73. The van der Waals surface area contributed by atoms with Crippen molar-refractivity contribution in [3.05, 3.63) is 64.7 Å². The molecule has 5 nitrogen and oxygen atoms in total. The van der Waals surface area contributed by atoms with Gasteiger partial charge in [-0.3, -0.25) is 4.79 Å². The van der Waals surface area contributed by atoms with Gasteiger partial charge in [0.1, 0.15) is 5.75 Å². The second kappa shape index (κ2) is 7.97. The second-order valence-electron chi connectivity index (χ2n) is 4.67. The molecule has 0 aliphatic heterocycles. The lowest BCUT2D eigenvalue weighted by Gasteiger charge is -2.06. The van der Waals surface area contributed by atoms with Crippen molar-refractivity contribution in [2.75, 3.05) is 6.61 Å². The maximum Gasteiger partial charge on any atom is 0.277 e. The molecule has 2 aromatic carbocycles. The fourth-order valence-corrected chi connectivity index (χ4v) is 1.92. The summed E-state index contributed by atoms with van der Waals surface area (Å²) in [5.74, 6) is 0.130. The molecule has 0 fully saturated rings. The summed E-state index contributed by atoms with van der Waals surface area (Å²) in [7, 11) is 0. The smallest absolute Gasteiger partial charge is 0.277 e. The van der Waals surface area contributed by atoms with E-state index in [1.165, 1.54) is 0 Å². The highest BCUT2D eigenvalue weighted by atomic mass is 35.5. The first-order chi connectivity index (χ1) is 11.1. The van der Waals surface area contributed by atoms with Gasteiger partial charge >= 0.3 is 0 Å². The summed E-state index contributed by atoms with van der Waals surface area (Å²) in [4.78, 5) is 11.7. The Balaban J connectivity index is 1.87. The lowest BCUT2D eigenvalue weighted by Crippen LogP contribution is -2.25. The Hall–Kier alpha value is -2.84. The van der Waals surface area contributed by atoms with E-state index in [1.54, 1.807) is 43.3 Å². The molecule has 0 heterocycles. The van der Waals surface area contributed by atoms with E-state index in [-0.39, 0.29) is 12.5 Å². The molecule has 2 rings (SSSR count). The monoisotopic (exact) mass is 327 g/mol. The molecule has 0 spiro atoms. The van der Waals surface area contributed by atoms with Crippen LogP contribution in [0.4, 0.5) is 0 Å². The fraction of sp³-hybridized carbons (Fsp3) is 0.118. The summed E-state index contributed by atoms with van der Waals surface area (Å²) in [6.07, 6.45) is 0. The van der Waals surface area contributed by atoms with Crippen LogP contribution in [0.3, 0.4) is 0 Å². The van der Waals surface area contributed by atoms with Crippen molar-refractivity contribution in [3.63, 3.8) is 0 Å². The van der Waals surface area contributed by atoms with E-state index in [1.807, 2.05) is 18.2 Å². The van der Waals surface area contributed by atoms with Gasteiger partial charge in [-0.25, -0.2) is 5.43 Å². The minimum absolute atomic E-state index is 0.168. The zero-order valence-electron chi connectivity index (χ0n) is 12.4. The molecule has 0 saturated heterocycles. The zero-order valence-corrected chi connectivity index (χ0v) is 13.2. The molecule has 116 valence electrons. The third-order valence-electron chi connectivity index (χ3n) is 2.94. The normalized spacial score (nSPS) is 10.7. The molecule has 1 N–H and O–H groups in total. The first-order valence-electron chi connectivity index (χ1n) is 6.80. The maximum atomic E-state index is 11.7. The molecule has 0 aliphatic rings. The number of ether oxygens (including phenoxy) is 1. The third kappa shape index (κ3) is 5.13. The van der Waals surface area contributed by atoms with Crippen molar-refractivity contribution >= 4 is 23.2 Å². The molecule has 0 unspecified atom stereocenters. The van der Waals surface area contributed by atoms with Crippen LogP contribution in [0.25, 0.3) is 0 Å². The molecule has 23 heavy (non-hydrogen) atoms. The number of halogens is 1. The van der Waals surface area contributed by atoms with Gasteiger partial charge in [0.15, 0.2) is 6.61 Å². The third-order valence-corrected chi connectivity index (χ3v) is 3.18. The SMILES string of the molecule is CC(=NNC(=O)COc1ccc(C#N)cc1)c1cccc(Cl)c1. The van der Waals surface area contributed by atoms with Crippen LogP contribution in [0.5, 0.6) is 5.75 Å². The molecule has 0 bridgehead atoms. The number of hydrogen-bond acceptors (Lipinski definition) is 4. The Labute approximate surface area is 139 Å². The number of amides is 1. The van der Waals surface area contributed by atoms with Gasteiger partial charge in [-0.1, -0.05) is 23.7 Å². The van der Waals surface area contributed by atoms with Gasteiger partial charge in [0.2, 0.25) is 0 Å². The molecule has 0 aromatic heterocycles. The van der Waals surface area contributed by atoms with Gasteiger partial charge in [-0.2, -0.15) is 10.4 Å².